The maximum absolute atomic E-state index is 14.8. The normalized spacial score (nSPS) is 11.9. The molecule has 0 saturated heterocycles. The number of carbonyl (C=O) groups is 1. The van der Waals surface area contributed by atoms with Crippen LogP contribution in [0.3, 0.4) is 0 Å². The molecule has 180 valence electrons. The fourth-order valence-electron chi connectivity index (χ4n) is 3.37. The monoisotopic (exact) mass is 479 g/mol. The molecule has 10 heteroatoms. The molecule has 0 aliphatic heterocycles. The predicted octanol–water partition coefficient (Wildman–Crippen LogP) is 6.04. The molecule has 0 spiro atoms. The Morgan fingerprint density at radius 2 is 1.68 bits per heavy atom. The SMILES string of the molecule is Cc1ccc(C(F)(F)CNC(=O)c2c(Oc3cccc(C(F)(F)F)c3)nnc(C)c2C)c(C)c1. The van der Waals surface area contributed by atoms with Gasteiger partial charge in [0.15, 0.2) is 0 Å². The summed E-state index contributed by atoms with van der Waals surface area (Å²) in [5.74, 6) is -4.91. The fourth-order valence-corrected chi connectivity index (χ4v) is 3.37. The summed E-state index contributed by atoms with van der Waals surface area (Å²) in [6.45, 7) is 5.40. The summed E-state index contributed by atoms with van der Waals surface area (Å²) >= 11 is 0. The Morgan fingerprint density at radius 1 is 0.971 bits per heavy atom. The number of benzene rings is 2. The number of aromatic nitrogens is 2. The van der Waals surface area contributed by atoms with E-state index in [0.29, 0.717) is 16.8 Å². The number of halogens is 5. The van der Waals surface area contributed by atoms with Gasteiger partial charge in [-0.05, 0) is 57.0 Å². The van der Waals surface area contributed by atoms with Crippen molar-refractivity contribution in [3.05, 3.63) is 81.5 Å². The third kappa shape index (κ3) is 5.49. The van der Waals surface area contributed by atoms with Crippen molar-refractivity contribution in [2.24, 2.45) is 0 Å². The van der Waals surface area contributed by atoms with Gasteiger partial charge in [0.1, 0.15) is 11.3 Å². The quantitative estimate of drug-likeness (QED) is 0.438. The topological polar surface area (TPSA) is 64.1 Å². The largest absolute Gasteiger partial charge is 0.437 e. The number of hydrogen-bond donors (Lipinski definition) is 1. The van der Waals surface area contributed by atoms with Gasteiger partial charge in [-0.3, -0.25) is 4.79 Å². The van der Waals surface area contributed by atoms with Crippen LogP contribution in [0.5, 0.6) is 11.6 Å². The summed E-state index contributed by atoms with van der Waals surface area (Å²) in [5, 5.41) is 9.80. The summed E-state index contributed by atoms with van der Waals surface area (Å²) < 4.78 is 74.1. The minimum Gasteiger partial charge on any atom is -0.437 e. The third-order valence-corrected chi connectivity index (χ3v) is 5.27. The standard InChI is InChI=1S/C24H22F5N3O2/c1-13-8-9-19(14(2)10-13)23(25,26)12-30-21(33)20-15(3)16(4)31-32-22(20)34-18-7-5-6-17(11-18)24(27,28)29/h5-11H,12H2,1-4H3,(H,30,33). The molecule has 1 aromatic heterocycles. The molecule has 5 nitrogen and oxygen atoms in total. The molecule has 0 unspecified atom stereocenters. The van der Waals surface area contributed by atoms with Crippen LogP contribution < -0.4 is 10.1 Å². The minimum absolute atomic E-state index is 0.193. The van der Waals surface area contributed by atoms with Gasteiger partial charge in [-0.2, -0.15) is 27.1 Å². The molecule has 0 atom stereocenters. The van der Waals surface area contributed by atoms with E-state index < -0.39 is 36.0 Å². The molecule has 0 saturated carbocycles. The molecule has 34 heavy (non-hydrogen) atoms. The zero-order valence-corrected chi connectivity index (χ0v) is 18.8. The molecule has 0 radical (unpaired) electrons. The molecule has 0 bridgehead atoms. The number of amides is 1. The van der Waals surface area contributed by atoms with Crippen molar-refractivity contribution in [2.45, 2.75) is 39.8 Å². The number of alkyl halides is 5. The van der Waals surface area contributed by atoms with Gasteiger partial charge >= 0.3 is 6.18 Å². The van der Waals surface area contributed by atoms with Crippen LogP contribution in [0.2, 0.25) is 0 Å². The van der Waals surface area contributed by atoms with E-state index in [1.165, 1.54) is 19.1 Å². The first-order chi connectivity index (χ1) is 15.8. The summed E-state index contributed by atoms with van der Waals surface area (Å²) in [6, 6.07) is 8.47. The Hall–Kier alpha value is -3.56. The first-order valence-electron chi connectivity index (χ1n) is 10.2. The third-order valence-electron chi connectivity index (χ3n) is 5.27. The van der Waals surface area contributed by atoms with Gasteiger partial charge in [-0.15, -0.1) is 5.10 Å². The second kappa shape index (κ2) is 9.36. The van der Waals surface area contributed by atoms with Crippen LogP contribution >= 0.6 is 0 Å². The molecule has 1 N–H and O–H groups in total. The first kappa shape index (κ1) is 25.1. The van der Waals surface area contributed by atoms with Crippen molar-refractivity contribution >= 4 is 5.91 Å². The van der Waals surface area contributed by atoms with E-state index in [4.69, 9.17) is 4.74 Å². The Kier molecular flexibility index (Phi) is 6.90. The highest BCUT2D eigenvalue weighted by molar-refractivity contribution is 5.98. The van der Waals surface area contributed by atoms with E-state index >= 15 is 0 Å². The van der Waals surface area contributed by atoms with Gasteiger partial charge in [-0.1, -0.05) is 29.8 Å². The molecule has 0 aliphatic carbocycles. The molecular formula is C24H22F5N3O2. The fraction of sp³-hybridized carbons (Fsp3) is 0.292. The maximum Gasteiger partial charge on any atom is 0.416 e. The number of carbonyl (C=O) groups excluding carboxylic acids is 1. The molecule has 2 aromatic carbocycles. The molecule has 0 fully saturated rings. The molecule has 1 amide bonds. The smallest absolute Gasteiger partial charge is 0.416 e. The van der Waals surface area contributed by atoms with E-state index in [-0.39, 0.29) is 16.9 Å². The van der Waals surface area contributed by atoms with Crippen molar-refractivity contribution in [1.82, 2.24) is 15.5 Å². The van der Waals surface area contributed by atoms with Crippen LogP contribution in [0.15, 0.2) is 42.5 Å². The number of rotatable bonds is 6. The first-order valence-corrected chi connectivity index (χ1v) is 10.2. The highest BCUT2D eigenvalue weighted by Gasteiger charge is 2.35. The van der Waals surface area contributed by atoms with Crippen molar-refractivity contribution in [3.63, 3.8) is 0 Å². The second-order valence-electron chi connectivity index (χ2n) is 7.92. The van der Waals surface area contributed by atoms with Gasteiger partial charge in [0.2, 0.25) is 0 Å². The van der Waals surface area contributed by atoms with Crippen LogP contribution in [0.25, 0.3) is 0 Å². The van der Waals surface area contributed by atoms with Crippen molar-refractivity contribution in [3.8, 4) is 11.6 Å². The Labute approximate surface area is 193 Å². The number of nitrogens with zero attached hydrogens (tertiary/aromatic N) is 2. The number of nitrogens with one attached hydrogen (secondary N) is 1. The maximum atomic E-state index is 14.8. The molecule has 3 rings (SSSR count). The Balaban J connectivity index is 1.88. The van der Waals surface area contributed by atoms with Gasteiger partial charge in [-0.25, -0.2) is 0 Å². The summed E-state index contributed by atoms with van der Waals surface area (Å²) in [7, 11) is 0. The Morgan fingerprint density at radius 3 is 2.32 bits per heavy atom. The minimum atomic E-state index is -4.60. The lowest BCUT2D eigenvalue weighted by molar-refractivity contribution is -0.137. The lowest BCUT2D eigenvalue weighted by atomic mass is 10.00. The molecule has 0 aliphatic rings. The average molecular weight is 479 g/mol. The lowest BCUT2D eigenvalue weighted by Crippen LogP contribution is -2.36. The van der Waals surface area contributed by atoms with E-state index in [0.717, 1.165) is 23.8 Å². The van der Waals surface area contributed by atoms with E-state index in [2.05, 4.69) is 15.5 Å². The van der Waals surface area contributed by atoms with Crippen molar-refractivity contribution in [1.29, 1.82) is 0 Å². The summed E-state index contributed by atoms with van der Waals surface area (Å²) in [5.41, 5.74) is 0.464. The van der Waals surface area contributed by atoms with Crippen molar-refractivity contribution < 1.29 is 31.5 Å². The van der Waals surface area contributed by atoms with E-state index in [9.17, 15) is 26.7 Å². The van der Waals surface area contributed by atoms with Crippen LogP contribution in [-0.2, 0) is 12.1 Å². The Bertz CT molecular complexity index is 1230. The highest BCUT2D eigenvalue weighted by Crippen LogP contribution is 2.34. The van der Waals surface area contributed by atoms with E-state index in [1.807, 2.05) is 0 Å². The van der Waals surface area contributed by atoms with Gasteiger partial charge in [0.25, 0.3) is 17.7 Å². The second-order valence-corrected chi connectivity index (χ2v) is 7.92. The zero-order chi connectivity index (χ0) is 25.3. The van der Waals surface area contributed by atoms with Crippen LogP contribution in [-0.4, -0.2) is 22.6 Å². The van der Waals surface area contributed by atoms with Gasteiger partial charge in [0.05, 0.1) is 17.8 Å². The number of aryl methyl sites for hydroxylation is 3. The van der Waals surface area contributed by atoms with Crippen molar-refractivity contribution in [2.75, 3.05) is 6.54 Å². The summed E-state index contributed by atoms with van der Waals surface area (Å²) in [4.78, 5) is 12.9. The van der Waals surface area contributed by atoms with Crippen LogP contribution in [0, 0.1) is 27.7 Å². The zero-order valence-electron chi connectivity index (χ0n) is 18.8. The van der Waals surface area contributed by atoms with Gasteiger partial charge in [0, 0.05) is 5.56 Å². The number of ether oxygens (including phenoxy) is 1. The van der Waals surface area contributed by atoms with Gasteiger partial charge < -0.3 is 10.1 Å². The van der Waals surface area contributed by atoms with Crippen LogP contribution in [0.1, 0.15) is 43.9 Å². The number of hydrogen-bond acceptors (Lipinski definition) is 4. The molecule has 3 aromatic rings. The molecule has 1 heterocycles. The average Bonchev–Trinajstić information content (AvgIpc) is 2.74. The molecular weight excluding hydrogens is 457 g/mol. The summed E-state index contributed by atoms with van der Waals surface area (Å²) in [6.07, 6.45) is -4.60. The highest BCUT2D eigenvalue weighted by atomic mass is 19.4. The predicted molar refractivity (Wildman–Crippen MR) is 115 cm³/mol. The lowest BCUT2D eigenvalue weighted by Gasteiger charge is -2.20. The van der Waals surface area contributed by atoms with E-state index in [1.54, 1.807) is 32.9 Å². The van der Waals surface area contributed by atoms with Crippen LogP contribution in [0.4, 0.5) is 22.0 Å².